The number of hydrogen-bond acceptors (Lipinski definition) is 2. The van der Waals surface area contributed by atoms with E-state index in [0.29, 0.717) is 6.61 Å². The SMILES string of the molecule is CC.CCC(=O)O.C\C=C/C=C(\C=C\OCCCCC1CCC[C@@H]1C/C=C\C)C(F)(F)F. The van der Waals surface area contributed by atoms with E-state index < -0.39 is 17.7 Å². The first-order chi connectivity index (χ1) is 15.3. The van der Waals surface area contributed by atoms with Crippen LogP contribution in [-0.4, -0.2) is 23.9 Å². The molecule has 1 unspecified atom stereocenters. The van der Waals surface area contributed by atoms with Gasteiger partial charge in [0.1, 0.15) is 0 Å². The minimum absolute atomic E-state index is 0.222. The van der Waals surface area contributed by atoms with Gasteiger partial charge in [0.05, 0.1) is 18.4 Å². The summed E-state index contributed by atoms with van der Waals surface area (Å²) < 4.78 is 43.5. The molecule has 6 heteroatoms. The van der Waals surface area contributed by atoms with Crippen LogP contribution in [0.25, 0.3) is 0 Å². The van der Waals surface area contributed by atoms with E-state index in [-0.39, 0.29) is 6.42 Å². The number of unbranched alkanes of at least 4 members (excludes halogenated alkanes) is 1. The fourth-order valence-electron chi connectivity index (χ4n) is 3.34. The number of alkyl halides is 3. The molecule has 0 aromatic rings. The Labute approximate surface area is 193 Å². The fraction of sp³-hybridized carbons (Fsp3) is 0.654. The Balaban J connectivity index is 0. The van der Waals surface area contributed by atoms with Gasteiger partial charge in [0.2, 0.25) is 0 Å². The van der Waals surface area contributed by atoms with Crippen LogP contribution < -0.4 is 0 Å². The van der Waals surface area contributed by atoms with Gasteiger partial charge in [-0.3, -0.25) is 4.79 Å². The average molecular weight is 461 g/mol. The van der Waals surface area contributed by atoms with Crippen LogP contribution in [0.4, 0.5) is 13.2 Å². The molecule has 1 fully saturated rings. The summed E-state index contributed by atoms with van der Waals surface area (Å²) in [7, 11) is 0. The van der Waals surface area contributed by atoms with Gasteiger partial charge in [0.15, 0.2) is 0 Å². The molecule has 1 aliphatic rings. The predicted molar refractivity (Wildman–Crippen MR) is 127 cm³/mol. The van der Waals surface area contributed by atoms with Crippen molar-refractivity contribution in [2.45, 2.75) is 92.2 Å². The van der Waals surface area contributed by atoms with Crippen LogP contribution >= 0.6 is 0 Å². The van der Waals surface area contributed by atoms with Crippen molar-refractivity contribution in [3.63, 3.8) is 0 Å². The summed E-state index contributed by atoms with van der Waals surface area (Å²) in [4.78, 5) is 9.37. The molecule has 3 nitrogen and oxygen atoms in total. The molecule has 0 bridgehead atoms. The lowest BCUT2D eigenvalue weighted by atomic mass is 9.88. The van der Waals surface area contributed by atoms with Gasteiger partial charge < -0.3 is 9.84 Å². The topological polar surface area (TPSA) is 46.5 Å². The quantitative estimate of drug-likeness (QED) is 0.145. The van der Waals surface area contributed by atoms with Crippen molar-refractivity contribution in [1.29, 1.82) is 0 Å². The molecule has 1 aliphatic carbocycles. The van der Waals surface area contributed by atoms with E-state index in [4.69, 9.17) is 9.84 Å². The number of aliphatic carboxylic acids is 1. The Morgan fingerprint density at radius 1 is 1.09 bits per heavy atom. The van der Waals surface area contributed by atoms with E-state index in [1.165, 1.54) is 38.2 Å². The van der Waals surface area contributed by atoms with E-state index in [9.17, 15) is 18.0 Å². The van der Waals surface area contributed by atoms with Crippen molar-refractivity contribution >= 4 is 5.97 Å². The summed E-state index contributed by atoms with van der Waals surface area (Å²) in [6.45, 7) is 9.81. The molecule has 0 heterocycles. The van der Waals surface area contributed by atoms with Crippen LogP contribution in [0.15, 0.2) is 48.3 Å². The Hall–Kier alpha value is -1.98. The third kappa shape index (κ3) is 17.7. The highest BCUT2D eigenvalue weighted by Gasteiger charge is 2.31. The zero-order chi connectivity index (χ0) is 24.8. The molecule has 0 aliphatic heterocycles. The van der Waals surface area contributed by atoms with Gasteiger partial charge in [0.25, 0.3) is 0 Å². The van der Waals surface area contributed by atoms with Crippen molar-refractivity contribution in [2.75, 3.05) is 6.61 Å². The largest absolute Gasteiger partial charge is 0.501 e. The number of allylic oxidation sites excluding steroid dienone is 7. The molecule has 0 spiro atoms. The lowest BCUT2D eigenvalue weighted by molar-refractivity contribution is -0.136. The Bertz CT molecular complexity index is 575. The zero-order valence-corrected chi connectivity index (χ0v) is 20.5. The average Bonchev–Trinajstić information content (AvgIpc) is 3.21. The van der Waals surface area contributed by atoms with E-state index >= 15 is 0 Å². The number of halogens is 3. The first kappa shape index (κ1) is 32.2. The summed E-state index contributed by atoms with van der Waals surface area (Å²) in [5, 5.41) is 7.72. The van der Waals surface area contributed by atoms with Gasteiger partial charge in [-0.2, -0.15) is 13.2 Å². The molecule has 1 N–H and O–H groups in total. The van der Waals surface area contributed by atoms with Crippen LogP contribution in [0.2, 0.25) is 0 Å². The fourth-order valence-corrected chi connectivity index (χ4v) is 3.34. The standard InChI is InChI=1S/C21H31F3O.C3H6O2.C2H6/c1-3-5-10-18-12-9-13-19(18)11-7-8-16-25-17-15-20(14-6-4-2)21(22,23)24;1-2-3(4)5;1-2/h3-6,14-15,17-19H,7-13,16H2,1-2H3;2H2,1H3,(H,4,5);1-2H3/b5-3-,6-4-,17-15+,20-14+;;/t18-,19?;;/m0../s1. The van der Waals surface area contributed by atoms with Crippen LogP contribution in [-0.2, 0) is 9.53 Å². The van der Waals surface area contributed by atoms with Crippen molar-refractivity contribution in [2.24, 2.45) is 11.8 Å². The van der Waals surface area contributed by atoms with Crippen LogP contribution in [0.3, 0.4) is 0 Å². The van der Waals surface area contributed by atoms with Gasteiger partial charge in [-0.15, -0.1) is 0 Å². The Kier molecular flexibility index (Phi) is 21.0. The van der Waals surface area contributed by atoms with E-state index in [0.717, 1.165) is 43.1 Å². The number of carboxylic acid groups (broad SMARTS) is 1. The summed E-state index contributed by atoms with van der Waals surface area (Å²) in [5.41, 5.74) is -0.705. The van der Waals surface area contributed by atoms with E-state index in [1.54, 1.807) is 19.9 Å². The second-order valence-corrected chi connectivity index (χ2v) is 7.32. The molecule has 0 saturated heterocycles. The molecular formula is C26H43F3O3. The van der Waals surface area contributed by atoms with Crippen molar-refractivity contribution in [1.82, 2.24) is 0 Å². The first-order valence-electron chi connectivity index (χ1n) is 11.8. The maximum atomic E-state index is 12.8. The minimum atomic E-state index is -4.36. The van der Waals surface area contributed by atoms with Gasteiger partial charge in [-0.25, -0.2) is 0 Å². The highest BCUT2D eigenvalue weighted by molar-refractivity contribution is 5.66. The third-order valence-corrected chi connectivity index (χ3v) is 5.02. The molecule has 0 aromatic heterocycles. The molecule has 0 radical (unpaired) electrons. The highest BCUT2D eigenvalue weighted by Crippen LogP contribution is 2.37. The number of carbonyl (C=O) groups is 1. The summed E-state index contributed by atoms with van der Waals surface area (Å²) in [6.07, 6.45) is 14.7. The van der Waals surface area contributed by atoms with Crippen molar-refractivity contribution in [3.8, 4) is 0 Å². The minimum Gasteiger partial charge on any atom is -0.501 e. The summed E-state index contributed by atoms with van der Waals surface area (Å²) in [6, 6.07) is 0. The molecule has 2 atom stereocenters. The molecule has 0 amide bonds. The van der Waals surface area contributed by atoms with Crippen LogP contribution in [0.1, 0.15) is 86.0 Å². The molecule has 32 heavy (non-hydrogen) atoms. The van der Waals surface area contributed by atoms with Crippen molar-refractivity contribution < 1.29 is 27.8 Å². The zero-order valence-electron chi connectivity index (χ0n) is 20.5. The van der Waals surface area contributed by atoms with Crippen LogP contribution in [0.5, 0.6) is 0 Å². The van der Waals surface area contributed by atoms with Gasteiger partial charge in [-0.1, -0.05) is 70.4 Å². The normalized spacial score (nSPS) is 19.1. The number of carboxylic acids is 1. The first-order valence-corrected chi connectivity index (χ1v) is 11.8. The third-order valence-electron chi connectivity index (χ3n) is 5.02. The van der Waals surface area contributed by atoms with Crippen LogP contribution in [0, 0.1) is 11.8 Å². The number of ether oxygens (including phenoxy) is 1. The summed E-state index contributed by atoms with van der Waals surface area (Å²) >= 11 is 0. The lowest BCUT2D eigenvalue weighted by Crippen LogP contribution is -2.09. The van der Waals surface area contributed by atoms with Crippen molar-refractivity contribution in [3.05, 3.63) is 48.3 Å². The maximum absolute atomic E-state index is 12.8. The molecule has 1 saturated carbocycles. The number of rotatable bonds is 11. The van der Waals surface area contributed by atoms with Gasteiger partial charge >= 0.3 is 12.1 Å². The second kappa shape index (κ2) is 20.9. The molecule has 186 valence electrons. The smallest absolute Gasteiger partial charge is 0.416 e. The summed E-state index contributed by atoms with van der Waals surface area (Å²) in [5.74, 6) is 0.862. The second-order valence-electron chi connectivity index (χ2n) is 7.32. The monoisotopic (exact) mass is 460 g/mol. The van der Waals surface area contributed by atoms with E-state index in [2.05, 4.69) is 19.1 Å². The van der Waals surface area contributed by atoms with Gasteiger partial charge in [0, 0.05) is 6.42 Å². The maximum Gasteiger partial charge on any atom is 0.416 e. The predicted octanol–water partition coefficient (Wildman–Crippen LogP) is 8.64. The lowest BCUT2D eigenvalue weighted by Gasteiger charge is -2.17. The number of hydrogen-bond donors (Lipinski definition) is 1. The molecule has 0 aromatic carbocycles. The van der Waals surface area contributed by atoms with E-state index in [1.807, 2.05) is 13.8 Å². The molecular weight excluding hydrogens is 417 g/mol. The molecule has 1 rings (SSSR count). The Morgan fingerprint density at radius 3 is 2.25 bits per heavy atom. The van der Waals surface area contributed by atoms with Gasteiger partial charge in [-0.05, 0) is 57.4 Å². The highest BCUT2D eigenvalue weighted by atomic mass is 19.4. The Morgan fingerprint density at radius 2 is 1.72 bits per heavy atom.